The molecule has 1 N–H and O–H groups in total. The normalized spacial score (nSPS) is 16.9. The van der Waals surface area contributed by atoms with Gasteiger partial charge in [0.25, 0.3) is 5.56 Å². The summed E-state index contributed by atoms with van der Waals surface area (Å²) in [5.41, 5.74) is 3.76. The average molecular weight is 391 g/mol. The Morgan fingerprint density at radius 1 is 1.10 bits per heavy atom. The Labute approximate surface area is 169 Å². The fourth-order valence-electron chi connectivity index (χ4n) is 4.28. The molecule has 2 aliphatic heterocycles. The highest BCUT2D eigenvalue weighted by molar-refractivity contribution is 5.80. The first-order chi connectivity index (χ1) is 14.2. The van der Waals surface area contributed by atoms with Gasteiger partial charge in [-0.2, -0.15) is 0 Å². The van der Waals surface area contributed by atoms with Crippen molar-refractivity contribution in [2.24, 2.45) is 0 Å². The van der Waals surface area contributed by atoms with Gasteiger partial charge in [0, 0.05) is 43.7 Å². The molecule has 0 spiro atoms. The minimum absolute atomic E-state index is 0.0225. The number of pyridine rings is 1. The van der Waals surface area contributed by atoms with Crippen LogP contribution in [0.4, 0.5) is 5.95 Å². The highest BCUT2D eigenvalue weighted by atomic mass is 16.5. The Kier molecular flexibility index (Phi) is 4.67. The summed E-state index contributed by atoms with van der Waals surface area (Å²) in [6.07, 6.45) is 3.04. The van der Waals surface area contributed by atoms with E-state index in [9.17, 15) is 4.79 Å². The maximum Gasteiger partial charge on any atom is 0.255 e. The maximum atomic E-state index is 12.5. The lowest BCUT2D eigenvalue weighted by molar-refractivity contribution is 0.238. The van der Waals surface area contributed by atoms with Crippen LogP contribution in [0.1, 0.15) is 29.8 Å². The van der Waals surface area contributed by atoms with Crippen LogP contribution >= 0.6 is 0 Å². The molecular formula is C22H25N5O2. The first-order valence-corrected chi connectivity index (χ1v) is 10.2. The number of H-pyrrole nitrogens is 1. The summed E-state index contributed by atoms with van der Waals surface area (Å²) < 4.78 is 5.29. The number of ether oxygens (including phenoxy) is 1. The second kappa shape index (κ2) is 7.48. The number of aromatic amines is 1. The Bertz CT molecular complexity index is 1100. The number of hydrogen-bond acceptors (Lipinski definition) is 6. The summed E-state index contributed by atoms with van der Waals surface area (Å²) in [5.74, 6) is 1.57. The predicted molar refractivity (Wildman–Crippen MR) is 112 cm³/mol. The highest BCUT2D eigenvalue weighted by Crippen LogP contribution is 2.22. The average Bonchev–Trinajstić information content (AvgIpc) is 3.28. The molecule has 1 aromatic carbocycles. The van der Waals surface area contributed by atoms with Crippen LogP contribution < -0.4 is 15.2 Å². The molecular weight excluding hydrogens is 366 g/mol. The molecule has 29 heavy (non-hydrogen) atoms. The summed E-state index contributed by atoms with van der Waals surface area (Å²) in [6, 6.07) is 10.1. The van der Waals surface area contributed by atoms with E-state index in [2.05, 4.69) is 26.9 Å². The lowest BCUT2D eigenvalue weighted by atomic mass is 10.1. The van der Waals surface area contributed by atoms with Gasteiger partial charge in [-0.15, -0.1) is 0 Å². The van der Waals surface area contributed by atoms with Crippen molar-refractivity contribution in [1.82, 2.24) is 19.9 Å². The van der Waals surface area contributed by atoms with Crippen LogP contribution in [0.15, 0.2) is 35.1 Å². The molecule has 0 radical (unpaired) electrons. The third-order valence-corrected chi connectivity index (χ3v) is 5.89. The van der Waals surface area contributed by atoms with Crippen molar-refractivity contribution in [1.29, 1.82) is 0 Å². The minimum atomic E-state index is 0.0225. The zero-order valence-corrected chi connectivity index (χ0v) is 16.6. The van der Waals surface area contributed by atoms with Gasteiger partial charge in [-0.1, -0.05) is 6.07 Å². The molecule has 4 heterocycles. The molecule has 0 unspecified atom stereocenters. The number of nitrogens with zero attached hydrogens (tertiary/aromatic N) is 4. The first kappa shape index (κ1) is 18.1. The number of fused-ring (bicyclic) bond motifs is 2. The van der Waals surface area contributed by atoms with Crippen molar-refractivity contribution >= 4 is 16.9 Å². The SMILES string of the molecule is COc1ccc2nc(CN3CCc4c(nc(N5CCCC5)[nH]c4=O)C3)ccc2c1. The molecule has 0 aliphatic carbocycles. The molecule has 2 aromatic heterocycles. The van der Waals surface area contributed by atoms with Crippen LogP contribution in [0, 0.1) is 0 Å². The largest absolute Gasteiger partial charge is 0.497 e. The van der Waals surface area contributed by atoms with Gasteiger partial charge in [-0.25, -0.2) is 4.98 Å². The molecule has 1 saturated heterocycles. The molecule has 0 atom stereocenters. The second-order valence-corrected chi connectivity index (χ2v) is 7.83. The molecule has 1 fully saturated rings. The fraction of sp³-hybridized carbons (Fsp3) is 0.409. The van der Waals surface area contributed by atoms with Gasteiger partial charge in [0.15, 0.2) is 0 Å². The van der Waals surface area contributed by atoms with E-state index in [1.54, 1.807) is 7.11 Å². The van der Waals surface area contributed by atoms with E-state index in [1.165, 1.54) is 0 Å². The molecule has 5 rings (SSSR count). The van der Waals surface area contributed by atoms with E-state index >= 15 is 0 Å². The van der Waals surface area contributed by atoms with Crippen molar-refractivity contribution in [2.75, 3.05) is 31.6 Å². The van der Waals surface area contributed by atoms with Gasteiger partial charge < -0.3 is 9.64 Å². The van der Waals surface area contributed by atoms with E-state index in [-0.39, 0.29) is 5.56 Å². The Hall–Kier alpha value is -2.93. The Balaban J connectivity index is 1.36. The zero-order valence-electron chi connectivity index (χ0n) is 16.6. The topological polar surface area (TPSA) is 74.3 Å². The van der Waals surface area contributed by atoms with Gasteiger partial charge in [-0.05, 0) is 43.5 Å². The number of anilines is 1. The molecule has 0 amide bonds. The Morgan fingerprint density at radius 2 is 1.97 bits per heavy atom. The lowest BCUT2D eigenvalue weighted by Gasteiger charge is -2.28. The second-order valence-electron chi connectivity index (χ2n) is 7.83. The van der Waals surface area contributed by atoms with E-state index in [1.807, 2.05) is 18.2 Å². The minimum Gasteiger partial charge on any atom is -0.497 e. The molecule has 0 saturated carbocycles. The smallest absolute Gasteiger partial charge is 0.255 e. The van der Waals surface area contributed by atoms with Gasteiger partial charge in [0.2, 0.25) is 5.95 Å². The molecule has 150 valence electrons. The fourth-order valence-corrected chi connectivity index (χ4v) is 4.28. The van der Waals surface area contributed by atoms with Crippen molar-refractivity contribution in [3.05, 3.63) is 57.6 Å². The number of nitrogens with one attached hydrogen (secondary N) is 1. The van der Waals surface area contributed by atoms with Crippen LogP contribution in [0.2, 0.25) is 0 Å². The van der Waals surface area contributed by atoms with Crippen LogP contribution in [0.5, 0.6) is 5.75 Å². The van der Waals surface area contributed by atoms with Crippen molar-refractivity contribution in [3.63, 3.8) is 0 Å². The summed E-state index contributed by atoms with van der Waals surface area (Å²) >= 11 is 0. The summed E-state index contributed by atoms with van der Waals surface area (Å²) in [7, 11) is 1.67. The van der Waals surface area contributed by atoms with E-state index < -0.39 is 0 Å². The standard InChI is InChI=1S/C22H25N5O2/c1-29-17-6-7-19-15(12-17)4-5-16(23-19)13-26-11-8-18-20(14-26)24-22(25-21(18)28)27-9-2-3-10-27/h4-7,12H,2-3,8-11,13-14H2,1H3,(H,24,25,28). The van der Waals surface area contributed by atoms with Crippen LogP contribution in [-0.2, 0) is 19.5 Å². The van der Waals surface area contributed by atoms with Crippen LogP contribution in [0.3, 0.4) is 0 Å². The quantitative estimate of drug-likeness (QED) is 0.737. The van der Waals surface area contributed by atoms with E-state index in [4.69, 9.17) is 14.7 Å². The zero-order chi connectivity index (χ0) is 19.8. The van der Waals surface area contributed by atoms with Gasteiger partial charge in [-0.3, -0.25) is 19.7 Å². The molecule has 7 nitrogen and oxygen atoms in total. The third-order valence-electron chi connectivity index (χ3n) is 5.89. The number of hydrogen-bond donors (Lipinski definition) is 1. The van der Waals surface area contributed by atoms with Crippen molar-refractivity contribution < 1.29 is 4.74 Å². The van der Waals surface area contributed by atoms with Gasteiger partial charge in [0.05, 0.1) is 24.0 Å². The van der Waals surface area contributed by atoms with Crippen molar-refractivity contribution in [3.8, 4) is 5.75 Å². The summed E-state index contributed by atoms with van der Waals surface area (Å²) in [5, 5.41) is 1.07. The molecule has 3 aromatic rings. The predicted octanol–water partition coefficient (Wildman–Crippen LogP) is 2.49. The summed E-state index contributed by atoms with van der Waals surface area (Å²) in [4.78, 5) is 29.6. The molecule has 0 bridgehead atoms. The van der Waals surface area contributed by atoms with Gasteiger partial charge >= 0.3 is 0 Å². The van der Waals surface area contributed by atoms with E-state index in [0.717, 1.165) is 85.0 Å². The third kappa shape index (κ3) is 3.58. The number of benzene rings is 1. The number of aromatic nitrogens is 3. The monoisotopic (exact) mass is 391 g/mol. The Morgan fingerprint density at radius 3 is 2.79 bits per heavy atom. The van der Waals surface area contributed by atoms with Gasteiger partial charge in [0.1, 0.15) is 5.75 Å². The van der Waals surface area contributed by atoms with E-state index in [0.29, 0.717) is 6.54 Å². The number of methoxy groups -OCH3 is 1. The van der Waals surface area contributed by atoms with Crippen molar-refractivity contribution in [2.45, 2.75) is 32.4 Å². The van der Waals surface area contributed by atoms with Crippen LogP contribution in [-0.4, -0.2) is 46.6 Å². The van der Waals surface area contributed by atoms with Crippen LogP contribution in [0.25, 0.3) is 10.9 Å². The number of rotatable bonds is 4. The first-order valence-electron chi connectivity index (χ1n) is 10.2. The summed E-state index contributed by atoms with van der Waals surface area (Å²) in [6.45, 7) is 4.20. The highest BCUT2D eigenvalue weighted by Gasteiger charge is 2.23. The molecule has 2 aliphatic rings. The molecule has 7 heteroatoms. The maximum absolute atomic E-state index is 12.5. The lowest BCUT2D eigenvalue weighted by Crippen LogP contribution is -2.36.